The van der Waals surface area contributed by atoms with Gasteiger partial charge in [0.2, 0.25) is 0 Å². The molecule has 0 aliphatic heterocycles. The molecular weight excluding hydrogens is 341 g/mol. The van der Waals surface area contributed by atoms with Gasteiger partial charge in [0.05, 0.1) is 9.26 Å². The van der Waals surface area contributed by atoms with E-state index in [1.54, 1.807) is 0 Å². The number of hydrogen-bond donors (Lipinski definition) is 1. The van der Waals surface area contributed by atoms with E-state index in [1.165, 1.54) is 0 Å². The molecule has 0 aromatic carbocycles. The summed E-state index contributed by atoms with van der Waals surface area (Å²) in [4.78, 5) is 9.17. The van der Waals surface area contributed by atoms with Crippen LogP contribution < -0.4 is 5.32 Å². The molecule has 4 nitrogen and oxygen atoms in total. The van der Waals surface area contributed by atoms with Gasteiger partial charge in [0.1, 0.15) is 11.9 Å². The quantitative estimate of drug-likeness (QED) is 0.832. The highest BCUT2D eigenvalue weighted by molar-refractivity contribution is 14.1. The molecule has 0 amide bonds. The maximum absolute atomic E-state index is 5.83. The summed E-state index contributed by atoms with van der Waals surface area (Å²) in [5.74, 6) is 1.62. The van der Waals surface area contributed by atoms with E-state index in [0.717, 1.165) is 20.9 Å². The number of aryl methyl sites for hydroxylation is 1. The Morgan fingerprint density at radius 1 is 1.33 bits per heavy atom. The van der Waals surface area contributed by atoms with Gasteiger partial charge in [0.25, 0.3) is 0 Å². The molecule has 1 rings (SSSR count). The summed E-state index contributed by atoms with van der Waals surface area (Å²) < 4.78 is 6.89. The second-order valence-electron chi connectivity index (χ2n) is 5.28. The van der Waals surface area contributed by atoms with E-state index in [2.05, 4.69) is 58.6 Å². The Hall–Kier alpha value is -0.430. The summed E-state index contributed by atoms with van der Waals surface area (Å²) in [6.45, 7) is 11.1. The lowest BCUT2D eigenvalue weighted by atomic mass is 9.88. The van der Waals surface area contributed by atoms with Gasteiger partial charge in [0, 0.05) is 13.7 Å². The van der Waals surface area contributed by atoms with Gasteiger partial charge in [-0.15, -0.1) is 0 Å². The zero-order valence-corrected chi connectivity index (χ0v) is 14.1. The standard InChI is InChI=1S/C13H22IN3O/c1-7-18-10(13(3,4)5)12-16-8(2)9(14)11(15-6)17-12/h10H,7H2,1-6H3,(H,15,16,17). The normalized spacial score (nSPS) is 13.5. The van der Waals surface area contributed by atoms with E-state index < -0.39 is 0 Å². The van der Waals surface area contributed by atoms with Crippen LogP contribution in [0.1, 0.15) is 45.3 Å². The van der Waals surface area contributed by atoms with Crippen LogP contribution in [0, 0.1) is 15.9 Å². The molecule has 1 atom stereocenters. The summed E-state index contributed by atoms with van der Waals surface area (Å²) >= 11 is 2.26. The molecule has 0 radical (unpaired) electrons. The summed E-state index contributed by atoms with van der Waals surface area (Å²) in [5.41, 5.74) is 0.958. The smallest absolute Gasteiger partial charge is 0.160 e. The molecule has 0 fully saturated rings. The van der Waals surface area contributed by atoms with Crippen molar-refractivity contribution in [1.82, 2.24) is 9.97 Å². The Bertz CT molecular complexity index is 415. The molecular formula is C13H22IN3O. The predicted octanol–water partition coefficient (Wildman–Crippen LogP) is 3.56. The highest BCUT2D eigenvalue weighted by Gasteiger charge is 2.30. The maximum Gasteiger partial charge on any atom is 0.160 e. The zero-order valence-electron chi connectivity index (χ0n) is 12.0. The van der Waals surface area contributed by atoms with Crippen molar-refractivity contribution >= 4 is 28.4 Å². The van der Waals surface area contributed by atoms with Gasteiger partial charge in [-0.25, -0.2) is 9.97 Å². The van der Waals surface area contributed by atoms with Crippen molar-refractivity contribution in [3.05, 3.63) is 15.1 Å². The molecule has 0 bridgehead atoms. The Balaban J connectivity index is 3.25. The Labute approximate surface area is 123 Å². The minimum Gasteiger partial charge on any atom is -0.372 e. The van der Waals surface area contributed by atoms with Crippen LogP contribution in [0.15, 0.2) is 0 Å². The Kier molecular flexibility index (Phi) is 5.33. The number of hydrogen-bond acceptors (Lipinski definition) is 4. The lowest BCUT2D eigenvalue weighted by Crippen LogP contribution is -2.24. The van der Waals surface area contributed by atoms with Gasteiger partial charge < -0.3 is 10.1 Å². The molecule has 1 heterocycles. The molecule has 0 saturated heterocycles. The first-order valence-corrected chi connectivity index (χ1v) is 7.22. The summed E-state index contributed by atoms with van der Waals surface area (Å²) in [5, 5.41) is 3.11. The van der Waals surface area contributed by atoms with Crippen molar-refractivity contribution < 1.29 is 4.74 Å². The third-order valence-electron chi connectivity index (χ3n) is 2.63. The molecule has 0 saturated carbocycles. The van der Waals surface area contributed by atoms with E-state index in [1.807, 2.05) is 20.9 Å². The summed E-state index contributed by atoms with van der Waals surface area (Å²) in [7, 11) is 1.88. The molecule has 1 aromatic heterocycles. The lowest BCUT2D eigenvalue weighted by molar-refractivity contribution is -0.0191. The number of anilines is 1. The van der Waals surface area contributed by atoms with Crippen LogP contribution in [-0.2, 0) is 4.74 Å². The number of halogens is 1. The minimum absolute atomic E-state index is 0.0275. The number of nitrogens with one attached hydrogen (secondary N) is 1. The van der Waals surface area contributed by atoms with Crippen LogP contribution >= 0.6 is 22.6 Å². The van der Waals surface area contributed by atoms with E-state index in [9.17, 15) is 0 Å². The molecule has 1 aromatic rings. The number of nitrogens with zero attached hydrogens (tertiary/aromatic N) is 2. The van der Waals surface area contributed by atoms with Crippen LogP contribution in [0.3, 0.4) is 0 Å². The van der Waals surface area contributed by atoms with Crippen LogP contribution in [-0.4, -0.2) is 23.6 Å². The first-order chi connectivity index (χ1) is 8.31. The maximum atomic E-state index is 5.83. The first kappa shape index (κ1) is 15.6. The molecule has 5 heteroatoms. The van der Waals surface area contributed by atoms with Crippen molar-refractivity contribution in [2.24, 2.45) is 5.41 Å². The van der Waals surface area contributed by atoms with Crippen molar-refractivity contribution in [1.29, 1.82) is 0 Å². The van der Waals surface area contributed by atoms with Crippen LogP contribution in [0.25, 0.3) is 0 Å². The number of ether oxygens (including phenoxy) is 1. The van der Waals surface area contributed by atoms with E-state index in [4.69, 9.17) is 4.74 Å². The zero-order chi connectivity index (χ0) is 13.9. The average Bonchev–Trinajstić information content (AvgIpc) is 2.28. The number of aromatic nitrogens is 2. The number of rotatable bonds is 4. The first-order valence-electron chi connectivity index (χ1n) is 6.14. The minimum atomic E-state index is -0.0923. The molecule has 0 aliphatic rings. The third-order valence-corrected chi connectivity index (χ3v) is 3.92. The predicted molar refractivity (Wildman–Crippen MR) is 82.9 cm³/mol. The fraction of sp³-hybridized carbons (Fsp3) is 0.692. The second-order valence-corrected chi connectivity index (χ2v) is 6.36. The summed E-state index contributed by atoms with van der Waals surface area (Å²) in [6.07, 6.45) is -0.0923. The largest absolute Gasteiger partial charge is 0.372 e. The fourth-order valence-corrected chi connectivity index (χ4v) is 2.25. The molecule has 0 aliphatic carbocycles. The van der Waals surface area contributed by atoms with Gasteiger partial charge in [-0.3, -0.25) is 0 Å². The fourth-order valence-electron chi connectivity index (χ4n) is 1.74. The molecule has 18 heavy (non-hydrogen) atoms. The average molecular weight is 363 g/mol. The molecule has 0 spiro atoms. The molecule has 102 valence electrons. The van der Waals surface area contributed by atoms with E-state index >= 15 is 0 Å². The highest BCUT2D eigenvalue weighted by atomic mass is 127. The van der Waals surface area contributed by atoms with Gasteiger partial charge in [-0.2, -0.15) is 0 Å². The van der Waals surface area contributed by atoms with Gasteiger partial charge in [-0.05, 0) is 41.9 Å². The van der Waals surface area contributed by atoms with Crippen molar-refractivity contribution in [2.75, 3.05) is 19.0 Å². The van der Waals surface area contributed by atoms with E-state index in [0.29, 0.717) is 6.61 Å². The lowest BCUT2D eigenvalue weighted by Gasteiger charge is -2.29. The van der Waals surface area contributed by atoms with Gasteiger partial charge in [-0.1, -0.05) is 20.8 Å². The molecule has 1 N–H and O–H groups in total. The third kappa shape index (κ3) is 3.54. The summed E-state index contributed by atoms with van der Waals surface area (Å²) in [6, 6.07) is 0. The van der Waals surface area contributed by atoms with Gasteiger partial charge in [0.15, 0.2) is 5.82 Å². The van der Waals surface area contributed by atoms with Crippen molar-refractivity contribution in [2.45, 2.75) is 40.7 Å². The van der Waals surface area contributed by atoms with E-state index in [-0.39, 0.29) is 11.5 Å². The van der Waals surface area contributed by atoms with Crippen molar-refractivity contribution in [3.63, 3.8) is 0 Å². The Morgan fingerprint density at radius 3 is 2.39 bits per heavy atom. The van der Waals surface area contributed by atoms with Gasteiger partial charge >= 0.3 is 0 Å². The topological polar surface area (TPSA) is 47.0 Å². The Morgan fingerprint density at radius 2 is 1.94 bits per heavy atom. The second kappa shape index (κ2) is 6.14. The highest BCUT2D eigenvalue weighted by Crippen LogP contribution is 2.35. The van der Waals surface area contributed by atoms with Crippen LogP contribution in [0.5, 0.6) is 0 Å². The monoisotopic (exact) mass is 363 g/mol. The molecule has 1 unspecified atom stereocenters. The SMILES string of the molecule is CCOC(c1nc(C)c(I)c(NC)n1)C(C)(C)C. The van der Waals surface area contributed by atoms with Crippen molar-refractivity contribution in [3.8, 4) is 0 Å². The van der Waals surface area contributed by atoms with Crippen LogP contribution in [0.2, 0.25) is 0 Å². The van der Waals surface area contributed by atoms with Crippen LogP contribution in [0.4, 0.5) is 5.82 Å².